The summed E-state index contributed by atoms with van der Waals surface area (Å²) in [5.74, 6) is 0. The van der Waals surface area contributed by atoms with Crippen LogP contribution in [0.2, 0.25) is 0 Å². The average Bonchev–Trinajstić information content (AvgIpc) is 2.79. The molecule has 4 bridgehead atoms. The summed E-state index contributed by atoms with van der Waals surface area (Å²) in [6.07, 6.45) is 6.26. The summed E-state index contributed by atoms with van der Waals surface area (Å²) in [5, 5.41) is 15.2. The third-order valence-electron chi connectivity index (χ3n) is 7.50. The predicted molar refractivity (Wildman–Crippen MR) is 148 cm³/mol. The van der Waals surface area contributed by atoms with E-state index in [0.717, 1.165) is 44.8 Å². The Balaban J connectivity index is -0.000000628. The SMILES string of the molecule is C.CC(C)(C)OC(=O)NC12CCC(C=O)(CC1)OC2.CC(C)(C)OC(=O)NC12CCC(CO)(CC1)OC2.F.[B].[H-].[Na+]. The number of aliphatic hydroxyl groups is 1. The molecule has 40 heavy (non-hydrogen) atoms. The fraction of sp³-hybridized carbons (Fsp3) is 0.889. The van der Waals surface area contributed by atoms with Crippen LogP contribution >= 0.6 is 0 Å². The number of aldehydes is 1. The number of amides is 2. The average molecular weight is 584 g/mol. The minimum atomic E-state index is -0.600. The first-order chi connectivity index (χ1) is 16.6. The molecule has 0 atom stereocenters. The number of carbonyl (C=O) groups excluding carboxylic acids is 3. The molecule has 6 aliphatic rings. The molecule has 4 saturated heterocycles. The summed E-state index contributed by atoms with van der Waals surface area (Å²) < 4.78 is 21.9. The number of hydrogen-bond donors (Lipinski definition) is 3. The zero-order valence-electron chi connectivity index (χ0n) is 25.6. The van der Waals surface area contributed by atoms with Crippen LogP contribution in [0, 0.1) is 0 Å². The molecule has 0 aromatic rings. The number of nitrogens with one attached hydrogen (secondary N) is 2. The van der Waals surface area contributed by atoms with E-state index in [0.29, 0.717) is 26.1 Å². The van der Waals surface area contributed by atoms with Gasteiger partial charge in [0.1, 0.15) is 16.8 Å². The second kappa shape index (κ2) is 15.0. The number of hydrogen-bond acceptors (Lipinski definition) is 8. The van der Waals surface area contributed by atoms with E-state index in [1.165, 1.54) is 0 Å². The third-order valence-corrected chi connectivity index (χ3v) is 7.50. The van der Waals surface area contributed by atoms with Crippen molar-refractivity contribution in [3.05, 3.63) is 0 Å². The normalized spacial score (nSPS) is 31.7. The summed E-state index contributed by atoms with van der Waals surface area (Å²) in [7, 11) is 0. The van der Waals surface area contributed by atoms with Crippen molar-refractivity contribution in [2.75, 3.05) is 19.8 Å². The minimum Gasteiger partial charge on any atom is -1.00 e. The first-order valence-electron chi connectivity index (χ1n) is 12.9. The molecular weight excluding hydrogens is 533 g/mol. The molecule has 2 saturated carbocycles. The van der Waals surface area contributed by atoms with E-state index in [4.69, 9.17) is 18.9 Å². The maximum atomic E-state index is 11.8. The molecule has 13 heteroatoms. The van der Waals surface area contributed by atoms with Gasteiger partial charge in [0.2, 0.25) is 0 Å². The number of aliphatic hydroxyl groups excluding tert-OH is 1. The Labute approximate surface area is 264 Å². The molecule has 2 amide bonds. The van der Waals surface area contributed by atoms with Crippen LogP contribution in [0.4, 0.5) is 14.3 Å². The van der Waals surface area contributed by atoms with Crippen LogP contribution in [0.3, 0.4) is 0 Å². The van der Waals surface area contributed by atoms with E-state index in [9.17, 15) is 19.5 Å². The summed E-state index contributed by atoms with van der Waals surface area (Å²) in [5.41, 5.74) is -2.61. The number of rotatable bonds is 4. The summed E-state index contributed by atoms with van der Waals surface area (Å²) >= 11 is 0. The van der Waals surface area contributed by atoms with Crippen molar-refractivity contribution in [3.63, 3.8) is 0 Å². The maximum absolute atomic E-state index is 11.8. The Bertz CT molecular complexity index is 807. The van der Waals surface area contributed by atoms with Crippen molar-refractivity contribution >= 4 is 26.9 Å². The van der Waals surface area contributed by atoms with Crippen LogP contribution in [0.5, 0.6) is 0 Å². The predicted octanol–water partition coefficient (Wildman–Crippen LogP) is 0.901. The largest absolute Gasteiger partial charge is 1.00 e. The molecular formula is C27H50BFN2NaO8. The van der Waals surface area contributed by atoms with Gasteiger partial charge in [-0.15, -0.1) is 0 Å². The van der Waals surface area contributed by atoms with E-state index >= 15 is 0 Å². The Morgan fingerprint density at radius 3 is 1.45 bits per heavy atom. The topological polar surface area (TPSA) is 132 Å². The number of ether oxygens (including phenoxy) is 4. The van der Waals surface area contributed by atoms with Crippen LogP contribution in [0.1, 0.15) is 102 Å². The molecule has 4 heterocycles. The van der Waals surface area contributed by atoms with Crippen molar-refractivity contribution in [3.8, 4) is 0 Å². The summed E-state index contributed by atoms with van der Waals surface area (Å²) in [4.78, 5) is 34.6. The molecule has 3 N–H and O–H groups in total. The van der Waals surface area contributed by atoms with Crippen molar-refractivity contribution in [1.82, 2.24) is 10.6 Å². The second-order valence-corrected chi connectivity index (χ2v) is 12.9. The smallest absolute Gasteiger partial charge is 1.00 e. The zero-order chi connectivity index (χ0) is 26.9. The molecule has 2 aliphatic carbocycles. The number of halogens is 1. The molecule has 6 rings (SSSR count). The van der Waals surface area contributed by atoms with Crippen LogP contribution in [0.25, 0.3) is 0 Å². The summed E-state index contributed by atoms with van der Waals surface area (Å²) in [6, 6.07) is 0. The molecule has 0 spiro atoms. The monoisotopic (exact) mass is 583 g/mol. The number of fused-ring (bicyclic) bond motifs is 6. The Morgan fingerprint density at radius 1 is 0.825 bits per heavy atom. The summed E-state index contributed by atoms with van der Waals surface area (Å²) in [6.45, 7) is 12.0. The molecule has 227 valence electrons. The molecule has 0 aromatic heterocycles. The first kappa shape index (κ1) is 41.2. The Morgan fingerprint density at radius 2 is 1.20 bits per heavy atom. The van der Waals surface area contributed by atoms with E-state index in [2.05, 4.69) is 10.6 Å². The minimum absolute atomic E-state index is 0. The van der Waals surface area contributed by atoms with Crippen molar-refractivity contribution in [1.29, 1.82) is 0 Å². The van der Waals surface area contributed by atoms with Gasteiger partial charge in [0.05, 0.1) is 36.5 Å². The first-order valence-corrected chi connectivity index (χ1v) is 12.9. The number of carbonyl (C=O) groups is 3. The molecule has 6 fully saturated rings. The van der Waals surface area contributed by atoms with Gasteiger partial charge in [0.15, 0.2) is 6.29 Å². The van der Waals surface area contributed by atoms with Gasteiger partial charge in [0.25, 0.3) is 0 Å². The third kappa shape index (κ3) is 10.7. The molecule has 3 radical (unpaired) electrons. The van der Waals surface area contributed by atoms with Gasteiger partial charge in [-0.25, -0.2) is 9.59 Å². The van der Waals surface area contributed by atoms with Crippen molar-refractivity contribution < 1.29 is 74.1 Å². The fourth-order valence-corrected chi connectivity index (χ4v) is 5.20. The molecule has 0 aromatic carbocycles. The van der Waals surface area contributed by atoms with E-state index < -0.39 is 22.9 Å². The molecule has 4 aliphatic heterocycles. The zero-order valence-corrected chi connectivity index (χ0v) is 26.6. The standard InChI is InChI=1S/C13H23NO4.C13H21NO4.CH4.B.FH.Na.H/c2*1-11(2,3)18-10(16)14-12-4-6-13(8-15,7-5-12)17-9-12;;;;;/h15H,4-9H2,1-3H3,(H,14,16);8H,4-7,9H2,1-3H3,(H,14,16);1H4;;1H;;/q;;;;;+1;-1. The van der Waals surface area contributed by atoms with Crippen LogP contribution < -0.4 is 40.2 Å². The van der Waals surface area contributed by atoms with Crippen molar-refractivity contribution in [2.24, 2.45) is 0 Å². The Hall–Kier alpha value is -0.915. The van der Waals surface area contributed by atoms with Crippen molar-refractivity contribution in [2.45, 2.75) is 134 Å². The van der Waals surface area contributed by atoms with E-state index in [-0.39, 0.29) is 80.9 Å². The van der Waals surface area contributed by atoms with Gasteiger partial charge in [-0.3, -0.25) is 4.70 Å². The van der Waals surface area contributed by atoms with Crippen LogP contribution in [-0.4, -0.2) is 85.3 Å². The molecule has 0 unspecified atom stereocenters. The van der Waals surface area contributed by atoms with E-state index in [1.807, 2.05) is 41.5 Å². The van der Waals surface area contributed by atoms with Gasteiger partial charge in [0, 0.05) is 8.41 Å². The Kier molecular flexibility index (Phi) is 15.5. The quantitative estimate of drug-likeness (QED) is 0.329. The van der Waals surface area contributed by atoms with Gasteiger partial charge in [-0.2, -0.15) is 0 Å². The fourth-order valence-electron chi connectivity index (χ4n) is 5.20. The molecule has 10 nitrogen and oxygen atoms in total. The van der Waals surface area contributed by atoms with Gasteiger partial charge >= 0.3 is 41.7 Å². The van der Waals surface area contributed by atoms with Gasteiger partial charge in [-0.05, 0) is 92.9 Å². The van der Waals surface area contributed by atoms with E-state index in [1.54, 1.807) is 0 Å². The second-order valence-electron chi connectivity index (χ2n) is 12.9. The van der Waals surface area contributed by atoms with Crippen LogP contribution in [0.15, 0.2) is 0 Å². The van der Waals surface area contributed by atoms with Crippen LogP contribution in [-0.2, 0) is 23.7 Å². The maximum Gasteiger partial charge on any atom is 1.00 e. The van der Waals surface area contributed by atoms with Gasteiger partial charge < -0.3 is 40.9 Å². The van der Waals surface area contributed by atoms with Gasteiger partial charge in [-0.1, -0.05) is 7.43 Å². The number of alkyl carbamates (subject to hydrolysis) is 2.